The predicted molar refractivity (Wildman–Crippen MR) is 114 cm³/mol. The van der Waals surface area contributed by atoms with E-state index in [1.54, 1.807) is 11.3 Å². The molecule has 0 aliphatic heterocycles. The Kier molecular flexibility index (Phi) is 5.26. The molecule has 0 radical (unpaired) electrons. The Morgan fingerprint density at radius 2 is 1.78 bits per heavy atom. The van der Waals surface area contributed by atoms with E-state index in [0.717, 1.165) is 24.2 Å². The van der Waals surface area contributed by atoms with Gasteiger partial charge in [-0.05, 0) is 61.2 Å². The van der Waals surface area contributed by atoms with Crippen LogP contribution in [0.15, 0.2) is 79.0 Å². The van der Waals surface area contributed by atoms with Crippen LogP contribution in [0.5, 0.6) is 0 Å². The van der Waals surface area contributed by atoms with Crippen LogP contribution >= 0.6 is 11.3 Å². The molecule has 4 heteroatoms. The van der Waals surface area contributed by atoms with Crippen molar-refractivity contribution in [2.75, 3.05) is 5.32 Å². The van der Waals surface area contributed by atoms with Crippen LogP contribution in [0.1, 0.15) is 16.0 Å². The zero-order chi connectivity index (χ0) is 18.5. The Bertz CT molecular complexity index is 1020. The van der Waals surface area contributed by atoms with Gasteiger partial charge < -0.3 is 5.32 Å². The van der Waals surface area contributed by atoms with E-state index < -0.39 is 0 Å². The molecular formula is C23H21N3S. The molecular weight excluding hydrogens is 350 g/mol. The van der Waals surface area contributed by atoms with Gasteiger partial charge in [-0.1, -0.05) is 42.5 Å². The lowest BCUT2D eigenvalue weighted by Crippen LogP contribution is -1.97. The summed E-state index contributed by atoms with van der Waals surface area (Å²) in [5, 5.41) is 3.29. The van der Waals surface area contributed by atoms with E-state index in [1.807, 2.05) is 24.4 Å². The monoisotopic (exact) mass is 371 g/mol. The second-order valence-corrected chi connectivity index (χ2v) is 7.68. The van der Waals surface area contributed by atoms with Crippen molar-refractivity contribution in [1.29, 1.82) is 0 Å². The van der Waals surface area contributed by atoms with Gasteiger partial charge in [-0.25, -0.2) is 9.97 Å². The summed E-state index contributed by atoms with van der Waals surface area (Å²) in [6.45, 7) is 2.07. The molecule has 1 N–H and O–H groups in total. The Morgan fingerprint density at radius 3 is 2.63 bits per heavy atom. The van der Waals surface area contributed by atoms with Gasteiger partial charge >= 0.3 is 0 Å². The average molecular weight is 372 g/mol. The van der Waals surface area contributed by atoms with Crippen LogP contribution in [-0.2, 0) is 12.8 Å². The number of rotatable bonds is 6. The fourth-order valence-corrected chi connectivity index (χ4v) is 3.95. The summed E-state index contributed by atoms with van der Waals surface area (Å²) >= 11 is 1.80. The summed E-state index contributed by atoms with van der Waals surface area (Å²) < 4.78 is 0. The number of nitrogens with one attached hydrogen (secondary N) is 1. The molecule has 0 unspecified atom stereocenters. The van der Waals surface area contributed by atoms with Crippen molar-refractivity contribution in [2.24, 2.45) is 0 Å². The number of anilines is 2. The van der Waals surface area contributed by atoms with Gasteiger partial charge in [0, 0.05) is 16.8 Å². The SMILES string of the molecule is Cc1cccc(Nc2nccc(-c3ccc(CCc4ccccc4)s3)n2)c1. The van der Waals surface area contributed by atoms with E-state index in [-0.39, 0.29) is 0 Å². The molecule has 0 aliphatic carbocycles. The highest BCUT2D eigenvalue weighted by Gasteiger charge is 2.07. The lowest BCUT2D eigenvalue weighted by Gasteiger charge is -2.06. The van der Waals surface area contributed by atoms with Crippen molar-refractivity contribution in [1.82, 2.24) is 9.97 Å². The van der Waals surface area contributed by atoms with Crippen LogP contribution in [0.2, 0.25) is 0 Å². The third kappa shape index (κ3) is 4.60. The molecule has 27 heavy (non-hydrogen) atoms. The predicted octanol–water partition coefficient (Wildman–Crippen LogP) is 6.04. The van der Waals surface area contributed by atoms with Gasteiger partial charge in [0.2, 0.25) is 5.95 Å². The quantitative estimate of drug-likeness (QED) is 0.449. The maximum Gasteiger partial charge on any atom is 0.227 e. The van der Waals surface area contributed by atoms with Gasteiger partial charge in [-0.3, -0.25) is 0 Å². The number of benzene rings is 2. The van der Waals surface area contributed by atoms with E-state index in [0.29, 0.717) is 5.95 Å². The van der Waals surface area contributed by atoms with E-state index in [2.05, 4.69) is 76.8 Å². The summed E-state index contributed by atoms with van der Waals surface area (Å²) in [5.74, 6) is 0.623. The zero-order valence-corrected chi connectivity index (χ0v) is 16.0. The van der Waals surface area contributed by atoms with Crippen LogP contribution in [0.3, 0.4) is 0 Å². The molecule has 3 nitrogen and oxygen atoms in total. The fourth-order valence-electron chi connectivity index (χ4n) is 2.97. The lowest BCUT2D eigenvalue weighted by atomic mass is 10.1. The van der Waals surface area contributed by atoms with Crippen molar-refractivity contribution >= 4 is 23.0 Å². The molecule has 0 saturated heterocycles. The largest absolute Gasteiger partial charge is 0.324 e. The second kappa shape index (κ2) is 8.14. The van der Waals surface area contributed by atoms with Crippen LogP contribution in [0, 0.1) is 6.92 Å². The summed E-state index contributed by atoms with van der Waals surface area (Å²) in [5.41, 5.74) is 4.54. The molecule has 134 valence electrons. The summed E-state index contributed by atoms with van der Waals surface area (Å²) in [7, 11) is 0. The van der Waals surface area contributed by atoms with E-state index in [4.69, 9.17) is 0 Å². The van der Waals surface area contributed by atoms with Gasteiger partial charge in [0.15, 0.2) is 0 Å². The first-order chi connectivity index (χ1) is 13.3. The first-order valence-corrected chi connectivity index (χ1v) is 9.88. The summed E-state index contributed by atoms with van der Waals surface area (Å²) in [6, 6.07) is 25.2. The number of hydrogen-bond donors (Lipinski definition) is 1. The van der Waals surface area contributed by atoms with Crippen LogP contribution in [-0.4, -0.2) is 9.97 Å². The molecule has 2 heterocycles. The molecule has 0 amide bonds. The summed E-state index contributed by atoms with van der Waals surface area (Å²) in [6.07, 6.45) is 3.92. The maximum absolute atomic E-state index is 4.69. The third-order valence-electron chi connectivity index (χ3n) is 4.35. The second-order valence-electron chi connectivity index (χ2n) is 6.51. The maximum atomic E-state index is 4.69. The Hall–Kier alpha value is -2.98. The molecule has 0 spiro atoms. The average Bonchev–Trinajstić information content (AvgIpc) is 3.17. The van der Waals surface area contributed by atoms with Gasteiger partial charge in [0.25, 0.3) is 0 Å². The minimum absolute atomic E-state index is 0.623. The third-order valence-corrected chi connectivity index (χ3v) is 5.51. The minimum atomic E-state index is 0.623. The molecule has 2 aromatic carbocycles. The van der Waals surface area contributed by atoms with E-state index in [1.165, 1.54) is 20.9 Å². The Balaban J connectivity index is 1.46. The van der Waals surface area contributed by atoms with Crippen molar-refractivity contribution in [3.63, 3.8) is 0 Å². The number of aryl methyl sites for hydroxylation is 3. The van der Waals surface area contributed by atoms with E-state index in [9.17, 15) is 0 Å². The van der Waals surface area contributed by atoms with Crippen LogP contribution in [0.25, 0.3) is 10.6 Å². The highest BCUT2D eigenvalue weighted by Crippen LogP contribution is 2.28. The molecule has 0 saturated carbocycles. The molecule has 0 atom stereocenters. The smallest absolute Gasteiger partial charge is 0.227 e. The van der Waals surface area contributed by atoms with Crippen molar-refractivity contribution in [3.8, 4) is 10.6 Å². The number of hydrogen-bond acceptors (Lipinski definition) is 4. The molecule has 0 fully saturated rings. The Morgan fingerprint density at radius 1 is 0.889 bits per heavy atom. The molecule has 4 rings (SSSR count). The van der Waals surface area contributed by atoms with Crippen molar-refractivity contribution in [3.05, 3.63) is 95.0 Å². The van der Waals surface area contributed by atoms with Gasteiger partial charge in [-0.2, -0.15) is 0 Å². The fraction of sp³-hybridized carbons (Fsp3) is 0.130. The lowest BCUT2D eigenvalue weighted by molar-refractivity contribution is 0.981. The Labute approximate surface area is 163 Å². The molecule has 4 aromatic rings. The minimum Gasteiger partial charge on any atom is -0.324 e. The number of thiophene rings is 1. The van der Waals surface area contributed by atoms with E-state index >= 15 is 0 Å². The zero-order valence-electron chi connectivity index (χ0n) is 15.2. The number of aromatic nitrogens is 2. The molecule has 0 bridgehead atoms. The van der Waals surface area contributed by atoms with Gasteiger partial charge in [0.1, 0.15) is 0 Å². The van der Waals surface area contributed by atoms with Gasteiger partial charge in [0.05, 0.1) is 10.6 Å². The molecule has 2 aromatic heterocycles. The highest BCUT2D eigenvalue weighted by atomic mass is 32.1. The summed E-state index contributed by atoms with van der Waals surface area (Å²) in [4.78, 5) is 11.6. The van der Waals surface area contributed by atoms with Crippen LogP contribution in [0.4, 0.5) is 11.6 Å². The standard InChI is InChI=1S/C23H21N3S/c1-17-6-5-9-19(16-17)25-23-24-15-14-21(26-23)22-13-12-20(27-22)11-10-18-7-3-2-4-8-18/h2-9,12-16H,10-11H2,1H3,(H,24,25,26). The first-order valence-electron chi connectivity index (χ1n) is 9.06. The highest BCUT2D eigenvalue weighted by molar-refractivity contribution is 7.15. The normalized spacial score (nSPS) is 10.7. The number of nitrogens with zero attached hydrogens (tertiary/aromatic N) is 2. The molecule has 0 aliphatic rings. The topological polar surface area (TPSA) is 37.8 Å². The van der Waals surface area contributed by atoms with Crippen molar-refractivity contribution in [2.45, 2.75) is 19.8 Å². The van der Waals surface area contributed by atoms with Gasteiger partial charge in [-0.15, -0.1) is 11.3 Å². The van der Waals surface area contributed by atoms with Crippen LogP contribution < -0.4 is 5.32 Å². The first kappa shape index (κ1) is 17.4. The van der Waals surface area contributed by atoms with Crippen molar-refractivity contribution < 1.29 is 0 Å².